The highest BCUT2D eigenvalue weighted by atomic mass is 16.3. The van der Waals surface area contributed by atoms with Gasteiger partial charge in [-0.25, -0.2) is 0 Å². The highest BCUT2D eigenvalue weighted by molar-refractivity contribution is 6.38. The van der Waals surface area contributed by atoms with Crippen molar-refractivity contribution in [2.75, 3.05) is 0 Å². The van der Waals surface area contributed by atoms with Gasteiger partial charge in [-0.1, -0.05) is 0 Å². The molecule has 5 atom stereocenters. The van der Waals surface area contributed by atoms with Crippen LogP contribution in [-0.2, 0) is 14.4 Å². The van der Waals surface area contributed by atoms with Crippen LogP contribution in [0.2, 0.25) is 0 Å². The first kappa shape index (κ1) is 14.9. The van der Waals surface area contributed by atoms with E-state index < -0.39 is 28.9 Å². The number of piperidine rings is 1. The van der Waals surface area contributed by atoms with Crippen LogP contribution in [0.4, 0.5) is 0 Å². The van der Waals surface area contributed by atoms with Gasteiger partial charge < -0.3 is 15.7 Å². The van der Waals surface area contributed by atoms with E-state index in [4.69, 9.17) is 5.73 Å². The molecule has 1 unspecified atom stereocenters. The standard InChI is InChI=1S/C18H24N2O4/c19-15(22)13-3-11-2-12(11)20(13)16(23)14(21)17-4-9-1-10(5-17)7-18(24,6-9)8-17/h9-13,24H,1-8H2,(H2,19,22)/t9-,10-,11-,12-,13?,17?,18?/m0/s1. The Morgan fingerprint density at radius 1 is 1.00 bits per heavy atom. The van der Waals surface area contributed by atoms with Crippen LogP contribution in [-0.4, -0.2) is 45.3 Å². The van der Waals surface area contributed by atoms with Gasteiger partial charge in [-0.05, 0) is 69.1 Å². The minimum Gasteiger partial charge on any atom is -0.390 e. The first-order valence-corrected chi connectivity index (χ1v) is 9.19. The summed E-state index contributed by atoms with van der Waals surface area (Å²) < 4.78 is 0. The Hall–Kier alpha value is -1.43. The summed E-state index contributed by atoms with van der Waals surface area (Å²) in [6.45, 7) is 0. The lowest BCUT2D eigenvalue weighted by Gasteiger charge is -2.59. The molecule has 0 aromatic rings. The third-order valence-corrected chi connectivity index (χ3v) is 7.37. The number of aliphatic hydroxyl groups is 1. The summed E-state index contributed by atoms with van der Waals surface area (Å²) in [5.74, 6) is -0.352. The molecule has 2 amide bonds. The van der Waals surface area contributed by atoms with Crippen LogP contribution in [0.3, 0.4) is 0 Å². The van der Waals surface area contributed by atoms with Gasteiger partial charge in [-0.3, -0.25) is 14.4 Å². The van der Waals surface area contributed by atoms with Gasteiger partial charge in [-0.2, -0.15) is 0 Å². The molecule has 0 radical (unpaired) electrons. The SMILES string of the molecule is NC(=O)C1C[C@@H]2C[C@@H]2N1C(=O)C(=O)C12C[C@@H]3C[C@H](CC(O)(C3)C1)C2. The minimum absolute atomic E-state index is 0.0240. The molecule has 5 aliphatic carbocycles. The number of rotatable bonds is 3. The fourth-order valence-electron chi connectivity index (χ4n) is 6.83. The molecule has 4 bridgehead atoms. The molecule has 0 aromatic carbocycles. The Morgan fingerprint density at radius 2 is 1.67 bits per heavy atom. The smallest absolute Gasteiger partial charge is 0.291 e. The van der Waals surface area contributed by atoms with Gasteiger partial charge in [0.25, 0.3) is 5.91 Å². The maximum absolute atomic E-state index is 13.2. The molecule has 130 valence electrons. The number of nitrogens with zero attached hydrogens (tertiary/aromatic N) is 1. The molecule has 1 aliphatic heterocycles. The molecule has 6 nitrogen and oxygen atoms in total. The van der Waals surface area contributed by atoms with Gasteiger partial charge >= 0.3 is 0 Å². The first-order chi connectivity index (χ1) is 11.3. The van der Waals surface area contributed by atoms with Crippen molar-refractivity contribution in [3.05, 3.63) is 0 Å². The number of hydrogen-bond acceptors (Lipinski definition) is 4. The van der Waals surface area contributed by atoms with Crippen molar-refractivity contribution in [2.24, 2.45) is 28.9 Å². The first-order valence-electron chi connectivity index (χ1n) is 9.19. The minimum atomic E-state index is -0.768. The molecule has 0 spiro atoms. The predicted octanol–water partition coefficient (Wildman–Crippen LogP) is 0.361. The lowest BCUT2D eigenvalue weighted by molar-refractivity contribution is -0.181. The second-order valence-corrected chi connectivity index (χ2v) is 9.22. The summed E-state index contributed by atoms with van der Waals surface area (Å²) in [6, 6.07) is -0.599. The summed E-state index contributed by atoms with van der Waals surface area (Å²) in [5, 5.41) is 10.8. The van der Waals surface area contributed by atoms with Crippen molar-refractivity contribution in [3.8, 4) is 0 Å². The van der Waals surface area contributed by atoms with Gasteiger partial charge in [0.1, 0.15) is 6.04 Å². The van der Waals surface area contributed by atoms with E-state index in [0.717, 1.165) is 38.5 Å². The number of likely N-dealkylation sites (tertiary alicyclic amines) is 1. The number of ketones is 1. The zero-order valence-electron chi connectivity index (χ0n) is 13.7. The number of amides is 2. The summed E-state index contributed by atoms with van der Waals surface area (Å²) in [4.78, 5) is 39.4. The van der Waals surface area contributed by atoms with Crippen LogP contribution < -0.4 is 5.73 Å². The third kappa shape index (κ3) is 1.89. The van der Waals surface area contributed by atoms with Gasteiger partial charge in [0.05, 0.1) is 5.60 Å². The van der Waals surface area contributed by atoms with Gasteiger partial charge in [0.15, 0.2) is 0 Å². The lowest BCUT2D eigenvalue weighted by Crippen LogP contribution is -2.61. The third-order valence-electron chi connectivity index (χ3n) is 7.37. The molecule has 6 fully saturated rings. The second kappa shape index (κ2) is 4.40. The maximum atomic E-state index is 13.2. The second-order valence-electron chi connectivity index (χ2n) is 9.22. The average Bonchev–Trinajstić information content (AvgIpc) is 3.13. The van der Waals surface area contributed by atoms with Crippen molar-refractivity contribution in [1.29, 1.82) is 0 Å². The number of fused-ring (bicyclic) bond motifs is 1. The van der Waals surface area contributed by atoms with Crippen molar-refractivity contribution < 1.29 is 19.5 Å². The lowest BCUT2D eigenvalue weighted by atomic mass is 9.47. The summed E-state index contributed by atoms with van der Waals surface area (Å²) in [6.07, 6.45) is 5.95. The summed E-state index contributed by atoms with van der Waals surface area (Å²) >= 11 is 0. The van der Waals surface area contributed by atoms with E-state index in [1.807, 2.05) is 0 Å². The van der Waals surface area contributed by atoms with Crippen LogP contribution in [0.25, 0.3) is 0 Å². The molecule has 24 heavy (non-hydrogen) atoms. The van der Waals surface area contributed by atoms with E-state index in [1.165, 1.54) is 4.90 Å². The Kier molecular flexibility index (Phi) is 2.72. The summed E-state index contributed by atoms with van der Waals surface area (Å²) in [5.41, 5.74) is 3.98. The number of nitrogens with two attached hydrogens (primary N) is 1. The number of carbonyl (C=O) groups is 3. The summed E-state index contributed by atoms with van der Waals surface area (Å²) in [7, 11) is 0. The van der Waals surface area contributed by atoms with Crippen molar-refractivity contribution >= 4 is 17.6 Å². The fourth-order valence-corrected chi connectivity index (χ4v) is 6.83. The van der Waals surface area contributed by atoms with Crippen LogP contribution >= 0.6 is 0 Å². The molecule has 1 heterocycles. The fraction of sp³-hybridized carbons (Fsp3) is 0.833. The Labute approximate surface area is 140 Å². The number of Topliss-reactive ketones (excluding diaryl/α,β-unsaturated/α-hetero) is 1. The molecule has 1 saturated heterocycles. The molecular weight excluding hydrogens is 308 g/mol. The molecule has 5 saturated carbocycles. The Morgan fingerprint density at radius 3 is 2.25 bits per heavy atom. The Bertz CT molecular complexity index is 645. The zero-order valence-corrected chi connectivity index (χ0v) is 13.7. The Balaban J connectivity index is 1.44. The zero-order chi connectivity index (χ0) is 16.9. The van der Waals surface area contributed by atoms with E-state index in [2.05, 4.69) is 0 Å². The topological polar surface area (TPSA) is 101 Å². The molecule has 6 rings (SSSR count). The molecule has 6 aliphatic rings. The average molecular weight is 332 g/mol. The van der Waals surface area contributed by atoms with E-state index in [1.54, 1.807) is 0 Å². The van der Waals surface area contributed by atoms with E-state index in [-0.39, 0.29) is 11.8 Å². The van der Waals surface area contributed by atoms with E-state index >= 15 is 0 Å². The number of primary amides is 1. The van der Waals surface area contributed by atoms with Gasteiger partial charge in [-0.15, -0.1) is 0 Å². The number of hydrogen-bond donors (Lipinski definition) is 2. The number of carbonyl (C=O) groups excluding carboxylic acids is 3. The van der Waals surface area contributed by atoms with Crippen molar-refractivity contribution in [2.45, 2.75) is 69.1 Å². The van der Waals surface area contributed by atoms with E-state index in [0.29, 0.717) is 30.6 Å². The normalized spacial score (nSPS) is 50.7. The quantitative estimate of drug-likeness (QED) is 0.729. The molecule has 6 heteroatoms. The predicted molar refractivity (Wildman–Crippen MR) is 83.4 cm³/mol. The largest absolute Gasteiger partial charge is 0.390 e. The highest BCUT2D eigenvalue weighted by Gasteiger charge is 2.63. The van der Waals surface area contributed by atoms with Crippen molar-refractivity contribution in [3.63, 3.8) is 0 Å². The maximum Gasteiger partial charge on any atom is 0.291 e. The van der Waals surface area contributed by atoms with Gasteiger partial charge in [0, 0.05) is 11.5 Å². The van der Waals surface area contributed by atoms with E-state index in [9.17, 15) is 19.5 Å². The van der Waals surface area contributed by atoms with Crippen molar-refractivity contribution in [1.82, 2.24) is 4.90 Å². The van der Waals surface area contributed by atoms with Crippen LogP contribution in [0, 0.1) is 23.2 Å². The molecule has 0 aromatic heterocycles. The van der Waals surface area contributed by atoms with Gasteiger partial charge in [0.2, 0.25) is 11.7 Å². The highest BCUT2D eigenvalue weighted by Crippen LogP contribution is 2.62. The molecule has 3 N–H and O–H groups in total. The molecular formula is C18H24N2O4. The van der Waals surface area contributed by atoms with Crippen LogP contribution in [0.1, 0.15) is 51.4 Å². The van der Waals surface area contributed by atoms with Crippen LogP contribution in [0.15, 0.2) is 0 Å². The van der Waals surface area contributed by atoms with Crippen LogP contribution in [0.5, 0.6) is 0 Å². The monoisotopic (exact) mass is 332 g/mol.